The van der Waals surface area contributed by atoms with Gasteiger partial charge in [0.05, 0.1) is 23.4 Å². The van der Waals surface area contributed by atoms with E-state index in [0.29, 0.717) is 5.56 Å². The minimum Gasteiger partial charge on any atom is -0.496 e. The average Bonchev–Trinajstić information content (AvgIpc) is 3.45. The molecule has 0 radical (unpaired) electrons. The molecule has 8 nitrogen and oxygen atoms in total. The van der Waals surface area contributed by atoms with Crippen molar-refractivity contribution in [1.29, 1.82) is 0 Å². The van der Waals surface area contributed by atoms with Crippen LogP contribution in [-0.2, 0) is 26.8 Å². The Balaban J connectivity index is 1.70. The zero-order chi connectivity index (χ0) is 27.3. The molecule has 3 aromatic carbocycles. The van der Waals surface area contributed by atoms with Crippen LogP contribution in [0.5, 0.6) is 5.75 Å². The fourth-order valence-corrected chi connectivity index (χ4v) is 6.30. The van der Waals surface area contributed by atoms with Gasteiger partial charge in [-0.15, -0.1) is 11.3 Å². The molecule has 0 spiro atoms. The molecular weight excluding hydrogens is 548 g/mol. The molecule has 0 aliphatic carbocycles. The van der Waals surface area contributed by atoms with E-state index in [1.54, 1.807) is 60.0 Å². The first-order chi connectivity index (χ1) is 18.2. The number of carboxylic acid groups (broad SMARTS) is 1. The van der Waals surface area contributed by atoms with Crippen molar-refractivity contribution < 1.29 is 27.9 Å². The lowest BCUT2D eigenvalue weighted by molar-refractivity contribution is -0.145. The largest absolute Gasteiger partial charge is 0.496 e. The first-order valence-corrected chi connectivity index (χ1v) is 14.0. The standard InChI is InChI=1S/C27H23ClN2O6S2/c1-36-23-11-6-5-10-21(23)27(26(32)33,17-18-8-3-2-4-9-18)29-25(31)20-14-13-19(16-22(20)28)30-38(34,35)24-12-7-15-37-24/h2-16,30H,17H2,1H3,(H,29,31)(H,32,33)/t27-/m1/s1. The van der Waals surface area contributed by atoms with Crippen LogP contribution >= 0.6 is 22.9 Å². The number of methoxy groups -OCH3 is 1. The quantitative estimate of drug-likeness (QED) is 0.242. The van der Waals surface area contributed by atoms with Crippen LogP contribution < -0.4 is 14.8 Å². The van der Waals surface area contributed by atoms with Crippen LogP contribution in [-0.4, -0.2) is 32.5 Å². The number of hydrogen-bond acceptors (Lipinski definition) is 6. The Morgan fingerprint density at radius 1 is 1.00 bits per heavy atom. The Hall–Kier alpha value is -3.86. The highest BCUT2D eigenvalue weighted by molar-refractivity contribution is 7.94. The van der Waals surface area contributed by atoms with Gasteiger partial charge in [-0.2, -0.15) is 0 Å². The van der Waals surface area contributed by atoms with Crippen molar-refractivity contribution in [1.82, 2.24) is 5.32 Å². The van der Waals surface area contributed by atoms with Gasteiger partial charge in [-0.05, 0) is 41.3 Å². The van der Waals surface area contributed by atoms with Crippen LogP contribution in [0.3, 0.4) is 0 Å². The molecule has 4 aromatic rings. The van der Waals surface area contributed by atoms with E-state index in [1.165, 1.54) is 31.4 Å². The number of halogens is 1. The number of thiophene rings is 1. The number of carbonyl (C=O) groups is 2. The number of nitrogens with one attached hydrogen (secondary N) is 2. The fourth-order valence-electron chi connectivity index (χ4n) is 4.00. The highest BCUT2D eigenvalue weighted by Crippen LogP contribution is 2.35. The Labute approximate surface area is 228 Å². The molecule has 0 fully saturated rings. The van der Waals surface area contributed by atoms with Gasteiger partial charge in [0.25, 0.3) is 15.9 Å². The molecule has 11 heteroatoms. The number of ether oxygens (including phenoxy) is 1. The van der Waals surface area contributed by atoms with Crippen molar-refractivity contribution in [2.24, 2.45) is 0 Å². The van der Waals surface area contributed by atoms with Gasteiger partial charge >= 0.3 is 5.97 Å². The lowest BCUT2D eigenvalue weighted by Gasteiger charge is -2.32. The second-order valence-electron chi connectivity index (χ2n) is 8.26. The molecule has 1 atom stereocenters. The fraction of sp³-hybridized carbons (Fsp3) is 0.111. The van der Waals surface area contributed by atoms with Crippen LogP contribution in [0.1, 0.15) is 21.5 Å². The maximum Gasteiger partial charge on any atom is 0.334 e. The Morgan fingerprint density at radius 3 is 2.34 bits per heavy atom. The molecule has 0 saturated carbocycles. The first-order valence-electron chi connectivity index (χ1n) is 11.3. The summed E-state index contributed by atoms with van der Waals surface area (Å²) in [5.74, 6) is -1.77. The number of para-hydroxylation sites is 1. The summed E-state index contributed by atoms with van der Waals surface area (Å²) in [6, 6.07) is 22.5. The number of hydrogen-bond donors (Lipinski definition) is 3. The van der Waals surface area contributed by atoms with E-state index in [-0.39, 0.29) is 38.2 Å². The second-order valence-corrected chi connectivity index (χ2v) is 11.5. The van der Waals surface area contributed by atoms with Crippen LogP contribution in [0, 0.1) is 0 Å². The van der Waals surface area contributed by atoms with E-state index < -0.39 is 27.4 Å². The Morgan fingerprint density at radius 2 is 1.71 bits per heavy atom. The lowest BCUT2D eigenvalue weighted by atomic mass is 9.82. The number of sulfonamides is 1. The van der Waals surface area contributed by atoms with Crippen molar-refractivity contribution in [2.75, 3.05) is 11.8 Å². The van der Waals surface area contributed by atoms with Gasteiger partial charge in [-0.25, -0.2) is 13.2 Å². The third kappa shape index (κ3) is 5.67. The predicted octanol–water partition coefficient (Wildman–Crippen LogP) is 5.16. The number of amides is 1. The van der Waals surface area contributed by atoms with Crippen molar-refractivity contribution >= 4 is 50.5 Å². The molecule has 0 aliphatic heterocycles. The van der Waals surface area contributed by atoms with Gasteiger partial charge in [-0.3, -0.25) is 9.52 Å². The smallest absolute Gasteiger partial charge is 0.334 e. The molecular formula is C27H23ClN2O6S2. The molecule has 4 rings (SSSR count). The first kappa shape index (κ1) is 27.2. The maximum atomic E-state index is 13.5. The highest BCUT2D eigenvalue weighted by atomic mass is 35.5. The molecule has 0 bridgehead atoms. The number of rotatable bonds is 10. The van der Waals surface area contributed by atoms with Gasteiger partial charge in [-0.1, -0.05) is 66.2 Å². The van der Waals surface area contributed by atoms with Crippen LogP contribution in [0.25, 0.3) is 0 Å². The molecule has 1 heterocycles. The minimum atomic E-state index is -3.82. The molecule has 1 amide bonds. The zero-order valence-corrected chi connectivity index (χ0v) is 22.4. The van der Waals surface area contributed by atoms with E-state index in [2.05, 4.69) is 10.0 Å². The lowest BCUT2D eigenvalue weighted by Crippen LogP contribution is -2.53. The van der Waals surface area contributed by atoms with Crippen molar-refractivity contribution in [3.63, 3.8) is 0 Å². The molecule has 0 unspecified atom stereocenters. The van der Waals surface area contributed by atoms with Gasteiger partial charge in [0.2, 0.25) is 0 Å². The third-order valence-electron chi connectivity index (χ3n) is 5.80. The number of benzene rings is 3. The van der Waals surface area contributed by atoms with E-state index in [4.69, 9.17) is 16.3 Å². The zero-order valence-electron chi connectivity index (χ0n) is 20.1. The monoisotopic (exact) mass is 570 g/mol. The number of carbonyl (C=O) groups excluding carboxylic acids is 1. The minimum absolute atomic E-state index is 0.0284. The number of carboxylic acids is 1. The Bertz CT molecular complexity index is 1560. The number of aliphatic carboxylic acids is 1. The summed E-state index contributed by atoms with van der Waals surface area (Å²) in [5, 5.41) is 14.8. The van der Waals surface area contributed by atoms with E-state index in [0.717, 1.165) is 11.3 Å². The van der Waals surface area contributed by atoms with E-state index in [1.807, 2.05) is 6.07 Å². The molecule has 0 aliphatic rings. The third-order valence-corrected chi connectivity index (χ3v) is 8.89. The molecule has 196 valence electrons. The topological polar surface area (TPSA) is 122 Å². The predicted molar refractivity (Wildman–Crippen MR) is 146 cm³/mol. The van der Waals surface area contributed by atoms with Crippen molar-refractivity contribution in [3.05, 3.63) is 112 Å². The molecule has 1 aromatic heterocycles. The molecule has 3 N–H and O–H groups in total. The molecule has 38 heavy (non-hydrogen) atoms. The second kappa shape index (κ2) is 11.3. The van der Waals surface area contributed by atoms with Gasteiger partial charge in [0, 0.05) is 12.0 Å². The molecule has 0 saturated heterocycles. The highest BCUT2D eigenvalue weighted by Gasteiger charge is 2.44. The maximum absolute atomic E-state index is 13.5. The van der Waals surface area contributed by atoms with E-state index >= 15 is 0 Å². The summed E-state index contributed by atoms with van der Waals surface area (Å²) >= 11 is 7.44. The number of anilines is 1. The van der Waals surface area contributed by atoms with Crippen LogP contribution in [0.2, 0.25) is 5.02 Å². The SMILES string of the molecule is COc1ccccc1[C@@](Cc1ccccc1)(NC(=O)c1ccc(NS(=O)(=O)c2cccs2)cc1Cl)C(=O)O. The summed E-state index contributed by atoms with van der Waals surface area (Å²) in [6.45, 7) is 0. The Kier molecular flexibility index (Phi) is 8.05. The summed E-state index contributed by atoms with van der Waals surface area (Å²) in [7, 11) is -2.40. The normalized spacial score (nSPS) is 12.8. The van der Waals surface area contributed by atoms with Gasteiger partial charge < -0.3 is 15.2 Å². The van der Waals surface area contributed by atoms with Crippen LogP contribution in [0.4, 0.5) is 5.69 Å². The average molecular weight is 571 g/mol. The van der Waals surface area contributed by atoms with E-state index in [9.17, 15) is 23.1 Å². The van der Waals surface area contributed by atoms with Crippen LogP contribution in [0.15, 0.2) is 94.5 Å². The summed E-state index contributed by atoms with van der Waals surface area (Å²) in [5.41, 5.74) is -0.861. The van der Waals surface area contributed by atoms with Gasteiger partial charge in [0.15, 0.2) is 5.54 Å². The summed E-state index contributed by atoms with van der Waals surface area (Å²) < 4.78 is 33.1. The van der Waals surface area contributed by atoms with Crippen molar-refractivity contribution in [3.8, 4) is 5.75 Å². The summed E-state index contributed by atoms with van der Waals surface area (Å²) in [4.78, 5) is 26.4. The van der Waals surface area contributed by atoms with Crippen molar-refractivity contribution in [2.45, 2.75) is 16.2 Å². The summed E-state index contributed by atoms with van der Waals surface area (Å²) in [6.07, 6.45) is -0.0778. The van der Waals surface area contributed by atoms with Gasteiger partial charge in [0.1, 0.15) is 9.96 Å².